The highest BCUT2D eigenvalue weighted by Gasteiger charge is 2.05. The van der Waals surface area contributed by atoms with Gasteiger partial charge in [0, 0.05) is 6.42 Å². The molecule has 148 valence electrons. The summed E-state index contributed by atoms with van der Waals surface area (Å²) >= 11 is 0. The Balaban J connectivity index is 3.25. The average Bonchev–Trinajstić information content (AvgIpc) is 2.58. The first-order chi connectivity index (χ1) is 12.2. The van der Waals surface area contributed by atoms with Gasteiger partial charge in [0.05, 0.1) is 6.54 Å². The molecule has 0 atom stereocenters. The molecule has 0 N–H and O–H groups in total. The smallest absolute Gasteiger partial charge is 0.146 e. The van der Waals surface area contributed by atoms with Crippen LogP contribution in [-0.4, -0.2) is 30.8 Å². The van der Waals surface area contributed by atoms with E-state index in [2.05, 4.69) is 30.9 Å². The SMILES string of the molecule is CCCCCCCC/C=C\CCCCCCCC(=O)CN(C)CCC. The summed E-state index contributed by atoms with van der Waals surface area (Å²) in [6.45, 7) is 6.09. The minimum atomic E-state index is 0.411. The first-order valence-corrected chi connectivity index (χ1v) is 11.1. The van der Waals surface area contributed by atoms with E-state index in [1.165, 1.54) is 77.0 Å². The Morgan fingerprint density at radius 1 is 0.720 bits per heavy atom. The van der Waals surface area contributed by atoms with Crippen molar-refractivity contribution in [2.75, 3.05) is 20.1 Å². The van der Waals surface area contributed by atoms with Crippen LogP contribution in [0.1, 0.15) is 110 Å². The topological polar surface area (TPSA) is 20.3 Å². The molecule has 0 aromatic rings. The highest BCUT2D eigenvalue weighted by atomic mass is 16.1. The monoisotopic (exact) mass is 351 g/mol. The molecule has 0 aromatic heterocycles. The van der Waals surface area contributed by atoms with Crippen molar-refractivity contribution in [1.29, 1.82) is 0 Å². The van der Waals surface area contributed by atoms with Crippen LogP contribution < -0.4 is 0 Å². The van der Waals surface area contributed by atoms with Gasteiger partial charge in [0.25, 0.3) is 0 Å². The molecule has 0 saturated heterocycles. The molecule has 2 nitrogen and oxygen atoms in total. The highest BCUT2D eigenvalue weighted by Crippen LogP contribution is 2.10. The molecule has 0 unspecified atom stereocenters. The molecule has 0 bridgehead atoms. The molecule has 0 heterocycles. The van der Waals surface area contributed by atoms with Crippen molar-refractivity contribution in [3.8, 4) is 0 Å². The van der Waals surface area contributed by atoms with Crippen molar-refractivity contribution in [3.63, 3.8) is 0 Å². The van der Waals surface area contributed by atoms with Gasteiger partial charge in [0.15, 0.2) is 0 Å². The first-order valence-electron chi connectivity index (χ1n) is 11.1. The molecule has 25 heavy (non-hydrogen) atoms. The third kappa shape index (κ3) is 19.5. The van der Waals surface area contributed by atoms with Crippen molar-refractivity contribution < 1.29 is 4.79 Å². The summed E-state index contributed by atoms with van der Waals surface area (Å²) in [4.78, 5) is 14.0. The second kappa shape index (κ2) is 19.7. The van der Waals surface area contributed by atoms with Gasteiger partial charge in [-0.25, -0.2) is 0 Å². The van der Waals surface area contributed by atoms with E-state index in [1.807, 2.05) is 7.05 Å². The van der Waals surface area contributed by atoms with Gasteiger partial charge >= 0.3 is 0 Å². The number of unbranched alkanes of at least 4 members (excludes halogenated alkanes) is 11. The lowest BCUT2D eigenvalue weighted by molar-refractivity contribution is -0.120. The fraction of sp³-hybridized carbons (Fsp3) is 0.870. The second-order valence-corrected chi connectivity index (χ2v) is 7.61. The quantitative estimate of drug-likeness (QED) is 0.186. The number of nitrogens with zero attached hydrogens (tertiary/aromatic N) is 1. The van der Waals surface area contributed by atoms with Gasteiger partial charge in [-0.1, -0.05) is 77.4 Å². The molecule has 0 amide bonds. The summed E-state index contributed by atoms with van der Waals surface area (Å²) in [5, 5.41) is 0. The van der Waals surface area contributed by atoms with E-state index in [-0.39, 0.29) is 0 Å². The number of carbonyl (C=O) groups excluding carboxylic acids is 1. The van der Waals surface area contributed by atoms with E-state index in [1.54, 1.807) is 0 Å². The Hall–Kier alpha value is -0.630. The third-order valence-corrected chi connectivity index (χ3v) is 4.77. The van der Waals surface area contributed by atoms with E-state index >= 15 is 0 Å². The van der Waals surface area contributed by atoms with Gasteiger partial charge in [0.1, 0.15) is 5.78 Å². The van der Waals surface area contributed by atoms with Crippen LogP contribution in [0.3, 0.4) is 0 Å². The van der Waals surface area contributed by atoms with Crippen LogP contribution in [0.15, 0.2) is 12.2 Å². The molecule has 0 rings (SSSR count). The van der Waals surface area contributed by atoms with Crippen LogP contribution in [-0.2, 0) is 4.79 Å². The zero-order chi connectivity index (χ0) is 18.6. The number of ketones is 1. The van der Waals surface area contributed by atoms with Crippen LogP contribution in [0.4, 0.5) is 0 Å². The summed E-state index contributed by atoms with van der Waals surface area (Å²) < 4.78 is 0. The lowest BCUT2D eigenvalue weighted by Crippen LogP contribution is -2.26. The number of rotatable bonds is 19. The maximum atomic E-state index is 11.8. The van der Waals surface area contributed by atoms with E-state index in [0.29, 0.717) is 12.3 Å². The Morgan fingerprint density at radius 2 is 1.24 bits per heavy atom. The summed E-state index contributed by atoms with van der Waals surface area (Å²) in [6.07, 6.45) is 23.7. The fourth-order valence-corrected chi connectivity index (χ4v) is 3.23. The molecule has 0 radical (unpaired) electrons. The van der Waals surface area contributed by atoms with Crippen LogP contribution in [0, 0.1) is 0 Å². The van der Waals surface area contributed by atoms with Crippen molar-refractivity contribution in [3.05, 3.63) is 12.2 Å². The number of hydrogen-bond donors (Lipinski definition) is 0. The summed E-state index contributed by atoms with van der Waals surface area (Å²) in [5.41, 5.74) is 0. The van der Waals surface area contributed by atoms with Crippen LogP contribution in [0.5, 0.6) is 0 Å². The molecular weight excluding hydrogens is 306 g/mol. The Bertz CT molecular complexity index is 311. The van der Waals surface area contributed by atoms with Crippen LogP contribution in [0.25, 0.3) is 0 Å². The van der Waals surface area contributed by atoms with Crippen LogP contribution >= 0.6 is 0 Å². The predicted octanol–water partition coefficient (Wildman–Crippen LogP) is 6.93. The zero-order valence-corrected chi connectivity index (χ0v) is 17.5. The molecular formula is C23H45NO. The molecule has 0 aliphatic carbocycles. The largest absolute Gasteiger partial charge is 0.299 e. The fourth-order valence-electron chi connectivity index (χ4n) is 3.23. The summed E-state index contributed by atoms with van der Waals surface area (Å²) in [7, 11) is 2.04. The number of Topliss-reactive ketones (excluding diaryl/α,β-unsaturated/α-hetero) is 1. The highest BCUT2D eigenvalue weighted by molar-refractivity contribution is 5.80. The van der Waals surface area contributed by atoms with E-state index in [9.17, 15) is 4.79 Å². The minimum absolute atomic E-state index is 0.411. The molecule has 0 aliphatic rings. The first kappa shape index (κ1) is 24.4. The Morgan fingerprint density at radius 3 is 1.80 bits per heavy atom. The standard InChI is InChI=1S/C23H45NO/c1-4-6-7-8-9-10-11-12-13-14-15-16-17-18-19-20-23(25)22-24(3)21-5-2/h12-13H,4-11,14-22H2,1-3H3/b13-12-. The van der Waals surface area contributed by atoms with Crippen molar-refractivity contribution in [1.82, 2.24) is 4.90 Å². The van der Waals surface area contributed by atoms with Gasteiger partial charge in [-0.3, -0.25) is 9.69 Å². The van der Waals surface area contributed by atoms with Crippen molar-refractivity contribution >= 4 is 5.78 Å². The molecule has 0 fully saturated rings. The van der Waals surface area contributed by atoms with Crippen molar-refractivity contribution in [2.45, 2.75) is 110 Å². The van der Waals surface area contributed by atoms with Gasteiger partial charge in [-0.05, 0) is 52.1 Å². The predicted molar refractivity (Wildman–Crippen MR) is 112 cm³/mol. The van der Waals surface area contributed by atoms with E-state index in [0.717, 1.165) is 25.8 Å². The maximum Gasteiger partial charge on any atom is 0.146 e. The summed E-state index contributed by atoms with van der Waals surface area (Å²) in [5.74, 6) is 0.411. The lowest BCUT2D eigenvalue weighted by Gasteiger charge is -2.13. The Labute approximate surface area is 158 Å². The lowest BCUT2D eigenvalue weighted by atomic mass is 10.1. The normalized spacial score (nSPS) is 11.7. The zero-order valence-electron chi connectivity index (χ0n) is 17.5. The number of hydrogen-bond acceptors (Lipinski definition) is 2. The Kier molecular flexibility index (Phi) is 19.2. The second-order valence-electron chi connectivity index (χ2n) is 7.61. The van der Waals surface area contributed by atoms with Crippen LogP contribution in [0.2, 0.25) is 0 Å². The minimum Gasteiger partial charge on any atom is -0.299 e. The molecule has 0 spiro atoms. The number of carbonyl (C=O) groups is 1. The van der Waals surface area contributed by atoms with E-state index < -0.39 is 0 Å². The molecule has 0 saturated carbocycles. The van der Waals surface area contributed by atoms with Gasteiger partial charge < -0.3 is 0 Å². The summed E-state index contributed by atoms with van der Waals surface area (Å²) in [6, 6.07) is 0. The van der Waals surface area contributed by atoms with Gasteiger partial charge in [-0.2, -0.15) is 0 Å². The average molecular weight is 352 g/mol. The number of allylic oxidation sites excluding steroid dienone is 2. The van der Waals surface area contributed by atoms with E-state index in [4.69, 9.17) is 0 Å². The van der Waals surface area contributed by atoms with Gasteiger partial charge in [0.2, 0.25) is 0 Å². The van der Waals surface area contributed by atoms with Crippen molar-refractivity contribution in [2.24, 2.45) is 0 Å². The van der Waals surface area contributed by atoms with Gasteiger partial charge in [-0.15, -0.1) is 0 Å². The maximum absolute atomic E-state index is 11.8. The number of likely N-dealkylation sites (N-methyl/N-ethyl adjacent to an activating group) is 1. The molecule has 0 aromatic carbocycles. The third-order valence-electron chi connectivity index (χ3n) is 4.77. The molecule has 0 aliphatic heterocycles. The molecule has 2 heteroatoms.